The van der Waals surface area contributed by atoms with E-state index in [1.165, 1.54) is 47.1 Å². The SMILES string of the molecule is C[C@]12CC[C@@H]3c4ccc(O)cc4CC[C@H]3[C@@H]1Cc1c2cc(-c2ccccc2)nc1-c1ccccn1. The highest BCUT2D eigenvalue weighted by molar-refractivity contribution is 5.71. The Morgan fingerprint density at radius 1 is 0.914 bits per heavy atom. The first kappa shape index (κ1) is 20.9. The van der Waals surface area contributed by atoms with Crippen LogP contribution in [0.1, 0.15) is 54.4 Å². The summed E-state index contributed by atoms with van der Waals surface area (Å²) in [5, 5.41) is 10.0. The molecule has 2 aromatic carbocycles. The number of phenolic OH excluding ortho intramolecular Hbond substituents is 1. The third-order valence-electron chi connectivity index (χ3n) is 9.24. The molecule has 174 valence electrons. The number of rotatable bonds is 2. The van der Waals surface area contributed by atoms with Gasteiger partial charge in [-0.05, 0) is 108 Å². The van der Waals surface area contributed by atoms with E-state index in [2.05, 4.69) is 61.5 Å². The molecule has 3 aliphatic rings. The van der Waals surface area contributed by atoms with Crippen molar-refractivity contribution >= 4 is 0 Å². The van der Waals surface area contributed by atoms with Crippen LogP contribution in [0.3, 0.4) is 0 Å². The van der Waals surface area contributed by atoms with E-state index in [0.29, 0.717) is 23.5 Å². The van der Waals surface area contributed by atoms with Gasteiger partial charge >= 0.3 is 0 Å². The summed E-state index contributed by atoms with van der Waals surface area (Å²) in [4.78, 5) is 9.97. The van der Waals surface area contributed by atoms with E-state index < -0.39 is 0 Å². The summed E-state index contributed by atoms with van der Waals surface area (Å²) in [6, 6.07) is 25.2. The first-order valence-electron chi connectivity index (χ1n) is 12.9. The van der Waals surface area contributed by atoms with Crippen LogP contribution in [0, 0.1) is 11.8 Å². The number of aryl methyl sites for hydroxylation is 1. The molecule has 2 heterocycles. The van der Waals surface area contributed by atoms with E-state index in [4.69, 9.17) is 9.97 Å². The van der Waals surface area contributed by atoms with Crippen LogP contribution in [0.15, 0.2) is 79.0 Å². The zero-order chi connectivity index (χ0) is 23.6. The molecule has 4 aromatic rings. The lowest BCUT2D eigenvalue weighted by molar-refractivity contribution is 0.106. The Labute approximate surface area is 206 Å². The Morgan fingerprint density at radius 2 is 1.77 bits per heavy atom. The Morgan fingerprint density at radius 3 is 2.60 bits per heavy atom. The van der Waals surface area contributed by atoms with Crippen molar-refractivity contribution in [3.05, 3.63) is 101 Å². The van der Waals surface area contributed by atoms with E-state index >= 15 is 0 Å². The summed E-state index contributed by atoms with van der Waals surface area (Å²) in [5.74, 6) is 2.26. The Hall–Kier alpha value is -3.46. The van der Waals surface area contributed by atoms with Gasteiger partial charge in [0.05, 0.1) is 17.1 Å². The van der Waals surface area contributed by atoms with Crippen molar-refractivity contribution in [3.63, 3.8) is 0 Å². The van der Waals surface area contributed by atoms with Crippen LogP contribution in [0.4, 0.5) is 0 Å². The summed E-state index contributed by atoms with van der Waals surface area (Å²) in [5.41, 5.74) is 10.1. The van der Waals surface area contributed by atoms with Crippen molar-refractivity contribution in [2.24, 2.45) is 11.8 Å². The van der Waals surface area contributed by atoms with Crippen molar-refractivity contribution in [1.82, 2.24) is 9.97 Å². The molecule has 1 N–H and O–H groups in total. The van der Waals surface area contributed by atoms with Gasteiger partial charge in [-0.3, -0.25) is 4.98 Å². The molecule has 0 bridgehead atoms. The van der Waals surface area contributed by atoms with E-state index in [1.54, 1.807) is 0 Å². The molecular weight excluding hydrogens is 428 g/mol. The van der Waals surface area contributed by atoms with Gasteiger partial charge in [0, 0.05) is 11.8 Å². The van der Waals surface area contributed by atoms with E-state index in [9.17, 15) is 5.11 Å². The summed E-state index contributed by atoms with van der Waals surface area (Å²) >= 11 is 0. The van der Waals surface area contributed by atoms with Gasteiger partial charge < -0.3 is 5.11 Å². The monoisotopic (exact) mass is 458 g/mol. The Balaban J connectivity index is 1.37. The Bertz CT molecular complexity index is 1410. The minimum atomic E-state index is 0.154. The first-order valence-corrected chi connectivity index (χ1v) is 12.9. The summed E-state index contributed by atoms with van der Waals surface area (Å²) in [6.07, 6.45) is 7.62. The number of aromatic nitrogens is 2. The van der Waals surface area contributed by atoms with Gasteiger partial charge in [0.2, 0.25) is 0 Å². The number of hydrogen-bond acceptors (Lipinski definition) is 3. The number of hydrogen-bond donors (Lipinski definition) is 1. The third kappa shape index (κ3) is 3.17. The third-order valence-corrected chi connectivity index (χ3v) is 9.24. The van der Waals surface area contributed by atoms with Crippen molar-refractivity contribution in [1.29, 1.82) is 0 Å². The van der Waals surface area contributed by atoms with Crippen molar-refractivity contribution in [2.75, 3.05) is 0 Å². The maximum atomic E-state index is 10.0. The summed E-state index contributed by atoms with van der Waals surface area (Å²) < 4.78 is 0. The average Bonchev–Trinajstić information content (AvgIpc) is 3.21. The van der Waals surface area contributed by atoms with Gasteiger partial charge in [-0.25, -0.2) is 4.98 Å². The zero-order valence-corrected chi connectivity index (χ0v) is 20.1. The molecule has 0 saturated heterocycles. The normalized spacial score (nSPS) is 26.4. The molecule has 2 aromatic heterocycles. The van der Waals surface area contributed by atoms with Crippen LogP contribution in [-0.2, 0) is 18.3 Å². The van der Waals surface area contributed by atoms with Crippen LogP contribution in [0.5, 0.6) is 5.75 Å². The molecule has 0 radical (unpaired) electrons. The molecule has 1 saturated carbocycles. The van der Waals surface area contributed by atoms with Crippen molar-refractivity contribution in [3.8, 4) is 28.4 Å². The smallest absolute Gasteiger partial charge is 0.115 e. The molecule has 7 rings (SSSR count). The molecular formula is C32H30N2O. The molecule has 3 aliphatic carbocycles. The minimum Gasteiger partial charge on any atom is -0.508 e. The maximum absolute atomic E-state index is 10.0. The van der Waals surface area contributed by atoms with Crippen LogP contribution in [0.2, 0.25) is 0 Å². The van der Waals surface area contributed by atoms with Crippen LogP contribution in [-0.4, -0.2) is 15.1 Å². The van der Waals surface area contributed by atoms with E-state index in [-0.39, 0.29) is 5.41 Å². The van der Waals surface area contributed by atoms with Gasteiger partial charge in [0.25, 0.3) is 0 Å². The van der Waals surface area contributed by atoms with Gasteiger partial charge in [0.1, 0.15) is 5.75 Å². The standard InChI is InChI=1S/C32H30N2O/c1-32-15-14-24-23-13-11-22(35)17-21(23)10-12-25(24)27(32)18-26-28(32)19-30(20-7-3-2-4-8-20)34-31(26)29-9-5-6-16-33-29/h2-9,11,13,16-17,19,24-25,27,35H,10,12,14-15,18H2,1H3/t24-,25-,27+,32+/m1/s1. The fourth-order valence-electron chi connectivity index (χ4n) is 7.58. The van der Waals surface area contributed by atoms with Gasteiger partial charge in [-0.2, -0.15) is 0 Å². The summed E-state index contributed by atoms with van der Waals surface area (Å²) in [6.45, 7) is 2.52. The predicted octanol–water partition coefficient (Wildman–Crippen LogP) is 7.09. The fraction of sp³-hybridized carbons (Fsp3) is 0.312. The van der Waals surface area contributed by atoms with Crippen LogP contribution < -0.4 is 0 Å². The highest BCUT2D eigenvalue weighted by atomic mass is 16.3. The van der Waals surface area contributed by atoms with Crippen molar-refractivity contribution < 1.29 is 5.11 Å². The van der Waals surface area contributed by atoms with Gasteiger partial charge in [-0.15, -0.1) is 0 Å². The quantitative estimate of drug-likeness (QED) is 0.349. The van der Waals surface area contributed by atoms with Crippen molar-refractivity contribution in [2.45, 2.75) is 50.4 Å². The van der Waals surface area contributed by atoms with Gasteiger partial charge in [0.15, 0.2) is 0 Å². The maximum Gasteiger partial charge on any atom is 0.115 e. The van der Waals surface area contributed by atoms with Crippen LogP contribution >= 0.6 is 0 Å². The second-order valence-electron chi connectivity index (χ2n) is 10.9. The Kier molecular flexibility index (Phi) is 4.64. The minimum absolute atomic E-state index is 0.154. The number of phenols is 1. The molecule has 3 heteroatoms. The first-order chi connectivity index (χ1) is 17.1. The highest BCUT2D eigenvalue weighted by Gasteiger charge is 2.53. The lowest BCUT2D eigenvalue weighted by Gasteiger charge is -2.49. The second-order valence-corrected chi connectivity index (χ2v) is 10.9. The molecule has 0 aliphatic heterocycles. The number of fused-ring (bicyclic) bond motifs is 7. The number of nitrogens with zero attached hydrogens (tertiary/aromatic N) is 2. The average molecular weight is 459 g/mol. The van der Waals surface area contributed by atoms with E-state index in [0.717, 1.165) is 29.9 Å². The highest BCUT2D eigenvalue weighted by Crippen LogP contribution is 2.61. The predicted molar refractivity (Wildman–Crippen MR) is 139 cm³/mol. The summed E-state index contributed by atoms with van der Waals surface area (Å²) in [7, 11) is 0. The van der Waals surface area contributed by atoms with E-state index in [1.807, 2.05) is 24.4 Å². The zero-order valence-electron chi connectivity index (χ0n) is 20.1. The molecule has 0 amide bonds. The number of pyridine rings is 2. The van der Waals surface area contributed by atoms with Gasteiger partial charge in [-0.1, -0.05) is 49.4 Å². The molecule has 0 spiro atoms. The molecule has 3 nitrogen and oxygen atoms in total. The molecule has 1 fully saturated rings. The second kappa shape index (κ2) is 7.78. The number of aromatic hydroxyl groups is 1. The number of benzene rings is 2. The topological polar surface area (TPSA) is 46.0 Å². The largest absolute Gasteiger partial charge is 0.508 e. The molecule has 4 atom stereocenters. The fourth-order valence-corrected chi connectivity index (χ4v) is 7.58. The lowest BCUT2D eigenvalue weighted by Crippen LogP contribution is -2.43. The van der Waals surface area contributed by atoms with Crippen LogP contribution in [0.25, 0.3) is 22.6 Å². The molecule has 35 heavy (non-hydrogen) atoms. The lowest BCUT2D eigenvalue weighted by atomic mass is 9.55. The molecule has 0 unspecified atom stereocenters.